The third-order valence-electron chi connectivity index (χ3n) is 4.32. The molecule has 1 heterocycles. The van der Waals surface area contributed by atoms with Crippen molar-refractivity contribution < 1.29 is 24.6 Å². The molecule has 0 radical (unpaired) electrons. The molecule has 2 rings (SSSR count). The van der Waals surface area contributed by atoms with Crippen molar-refractivity contribution in [2.24, 2.45) is 0 Å². The Bertz CT molecular complexity index is 728. The fourth-order valence-electron chi connectivity index (χ4n) is 3.07. The third-order valence-corrected chi connectivity index (χ3v) is 4.32. The van der Waals surface area contributed by atoms with Gasteiger partial charge in [0.25, 0.3) is 0 Å². The zero-order chi connectivity index (χ0) is 19.1. The molecule has 2 atom stereocenters. The summed E-state index contributed by atoms with van der Waals surface area (Å²) < 4.78 is 0. The summed E-state index contributed by atoms with van der Waals surface area (Å²) in [6.07, 6.45) is 1.76. The molecule has 0 bridgehead atoms. The molecular formula is C18H21N3O5. The number of nitriles is 1. The second kappa shape index (κ2) is 8.97. The minimum Gasteiger partial charge on any atom is -0.480 e. The van der Waals surface area contributed by atoms with Gasteiger partial charge in [-0.25, -0.2) is 0 Å². The van der Waals surface area contributed by atoms with Crippen LogP contribution in [-0.4, -0.2) is 46.7 Å². The van der Waals surface area contributed by atoms with E-state index in [0.717, 1.165) is 5.56 Å². The van der Waals surface area contributed by atoms with Crippen LogP contribution in [0.4, 0.5) is 5.69 Å². The van der Waals surface area contributed by atoms with Crippen molar-refractivity contribution in [1.82, 2.24) is 5.32 Å². The molecule has 8 heteroatoms. The largest absolute Gasteiger partial charge is 0.480 e. The number of nitrogens with one attached hydrogen (secondary N) is 1. The third kappa shape index (κ3) is 4.80. The van der Waals surface area contributed by atoms with Gasteiger partial charge >= 0.3 is 11.9 Å². The Balaban J connectivity index is 2.22. The fraction of sp³-hybridized carbons (Fsp3) is 0.444. The predicted molar refractivity (Wildman–Crippen MR) is 92.6 cm³/mol. The first-order valence-electron chi connectivity index (χ1n) is 8.41. The Hall–Kier alpha value is -2.92. The summed E-state index contributed by atoms with van der Waals surface area (Å²) in [5.41, 5.74) is 1.39. The van der Waals surface area contributed by atoms with Crippen LogP contribution in [0.3, 0.4) is 0 Å². The minimum atomic E-state index is -1.14. The Morgan fingerprint density at radius 3 is 2.73 bits per heavy atom. The molecule has 0 aromatic heterocycles. The van der Waals surface area contributed by atoms with Crippen molar-refractivity contribution in [1.29, 1.82) is 5.26 Å². The first kappa shape index (κ1) is 19.4. The summed E-state index contributed by atoms with van der Waals surface area (Å²) in [5.74, 6) is -2.69. The van der Waals surface area contributed by atoms with Gasteiger partial charge < -0.3 is 10.2 Å². The number of amides is 1. The lowest BCUT2D eigenvalue weighted by molar-refractivity contribution is -0.140. The summed E-state index contributed by atoms with van der Waals surface area (Å²) in [6.45, 7) is -0.486. The Morgan fingerprint density at radius 1 is 1.35 bits per heavy atom. The van der Waals surface area contributed by atoms with Crippen LogP contribution in [0.1, 0.15) is 31.2 Å². The van der Waals surface area contributed by atoms with Gasteiger partial charge in [0.1, 0.15) is 12.6 Å². The normalized spacial score (nSPS) is 17.7. The van der Waals surface area contributed by atoms with E-state index in [0.29, 0.717) is 24.9 Å². The summed E-state index contributed by atoms with van der Waals surface area (Å²) >= 11 is 0. The molecule has 0 unspecified atom stereocenters. The van der Waals surface area contributed by atoms with Crippen LogP contribution in [0.25, 0.3) is 0 Å². The molecular weight excluding hydrogens is 338 g/mol. The molecule has 3 N–H and O–H groups in total. The molecule has 8 nitrogen and oxygen atoms in total. The van der Waals surface area contributed by atoms with Crippen LogP contribution >= 0.6 is 0 Å². The zero-order valence-electron chi connectivity index (χ0n) is 14.2. The van der Waals surface area contributed by atoms with Crippen LogP contribution in [0, 0.1) is 11.3 Å². The van der Waals surface area contributed by atoms with Gasteiger partial charge in [-0.3, -0.25) is 24.6 Å². The summed E-state index contributed by atoms with van der Waals surface area (Å²) in [6, 6.07) is 7.27. The molecule has 1 aliphatic rings. The molecule has 1 aliphatic heterocycles. The van der Waals surface area contributed by atoms with Crippen molar-refractivity contribution in [3.05, 3.63) is 29.8 Å². The van der Waals surface area contributed by atoms with Gasteiger partial charge in [-0.2, -0.15) is 5.26 Å². The van der Waals surface area contributed by atoms with Gasteiger partial charge in [0.15, 0.2) is 0 Å². The van der Waals surface area contributed by atoms with E-state index in [1.165, 1.54) is 4.90 Å². The van der Waals surface area contributed by atoms with Crippen molar-refractivity contribution in [3.8, 4) is 6.07 Å². The highest BCUT2D eigenvalue weighted by molar-refractivity contribution is 6.02. The van der Waals surface area contributed by atoms with Crippen molar-refractivity contribution >= 4 is 23.5 Å². The molecule has 0 fully saturated rings. The molecule has 1 aromatic rings. The number of carbonyl (C=O) groups is 3. The molecule has 0 spiro atoms. The number of hydrogen-bond acceptors (Lipinski definition) is 5. The number of para-hydroxylation sites is 1. The Labute approximate surface area is 151 Å². The number of hydrogen-bond donors (Lipinski definition) is 3. The van der Waals surface area contributed by atoms with Crippen LogP contribution in [0.15, 0.2) is 24.3 Å². The monoisotopic (exact) mass is 359 g/mol. The minimum absolute atomic E-state index is 0.221. The maximum absolute atomic E-state index is 12.9. The molecule has 0 saturated carbocycles. The van der Waals surface area contributed by atoms with E-state index in [2.05, 4.69) is 5.32 Å². The number of anilines is 1. The topological polar surface area (TPSA) is 131 Å². The number of aliphatic carboxylic acids is 2. The van der Waals surface area contributed by atoms with Gasteiger partial charge in [-0.05, 0) is 37.3 Å². The Morgan fingerprint density at radius 2 is 2.08 bits per heavy atom. The molecule has 26 heavy (non-hydrogen) atoms. The SMILES string of the molecule is N#CCCC[C@H](N[C@H]1CCc2ccccc2N(CC(=O)O)C1=O)C(=O)O. The number of rotatable bonds is 8. The number of benzene rings is 1. The van der Waals surface area contributed by atoms with E-state index >= 15 is 0 Å². The van der Waals surface area contributed by atoms with Crippen molar-refractivity contribution in [2.45, 2.75) is 44.2 Å². The highest BCUT2D eigenvalue weighted by Gasteiger charge is 2.33. The first-order chi connectivity index (χ1) is 12.4. The van der Waals surface area contributed by atoms with Gasteiger partial charge in [-0.15, -0.1) is 0 Å². The van der Waals surface area contributed by atoms with E-state index in [1.54, 1.807) is 12.1 Å². The maximum Gasteiger partial charge on any atom is 0.323 e. The second-order valence-electron chi connectivity index (χ2n) is 6.15. The van der Waals surface area contributed by atoms with E-state index in [9.17, 15) is 19.5 Å². The maximum atomic E-state index is 12.9. The van der Waals surface area contributed by atoms with Gasteiger partial charge in [0.2, 0.25) is 5.91 Å². The molecule has 0 aliphatic carbocycles. The number of carboxylic acids is 2. The fourth-order valence-corrected chi connectivity index (χ4v) is 3.07. The molecule has 1 amide bonds. The van der Waals surface area contributed by atoms with Gasteiger partial charge in [0, 0.05) is 12.1 Å². The zero-order valence-corrected chi connectivity index (χ0v) is 14.2. The Kier molecular flexibility index (Phi) is 6.69. The predicted octanol–water partition coefficient (Wildman–Crippen LogP) is 1.16. The lowest BCUT2D eigenvalue weighted by Gasteiger charge is -2.26. The quantitative estimate of drug-likeness (QED) is 0.594. The summed E-state index contributed by atoms with van der Waals surface area (Å²) in [4.78, 5) is 36.8. The van der Waals surface area contributed by atoms with E-state index in [1.807, 2.05) is 18.2 Å². The summed E-state index contributed by atoms with van der Waals surface area (Å²) in [5, 5.41) is 30.0. The average Bonchev–Trinajstić information content (AvgIpc) is 2.72. The van der Waals surface area contributed by atoms with Crippen LogP contribution < -0.4 is 10.2 Å². The molecule has 0 saturated heterocycles. The van der Waals surface area contributed by atoms with E-state index in [4.69, 9.17) is 10.4 Å². The van der Waals surface area contributed by atoms with Crippen LogP contribution in [0.2, 0.25) is 0 Å². The average molecular weight is 359 g/mol. The summed E-state index contributed by atoms with van der Waals surface area (Å²) in [7, 11) is 0. The standard InChI is InChI=1S/C18H21N3O5/c19-10-4-3-6-14(18(25)26)20-13-9-8-12-5-1-2-7-15(12)21(17(13)24)11-16(22)23/h1-2,5,7,13-14,20H,3-4,6,8-9,11H2,(H,22,23)(H,25,26)/t13-,14-/m0/s1. The highest BCUT2D eigenvalue weighted by atomic mass is 16.4. The van der Waals surface area contributed by atoms with Gasteiger partial charge in [-0.1, -0.05) is 18.2 Å². The number of fused-ring (bicyclic) bond motifs is 1. The lowest BCUT2D eigenvalue weighted by atomic mass is 10.0. The van der Waals surface area contributed by atoms with Crippen molar-refractivity contribution in [2.75, 3.05) is 11.4 Å². The highest BCUT2D eigenvalue weighted by Crippen LogP contribution is 2.27. The second-order valence-corrected chi connectivity index (χ2v) is 6.15. The number of carboxylic acid groups (broad SMARTS) is 2. The van der Waals surface area contributed by atoms with Crippen LogP contribution in [0.5, 0.6) is 0 Å². The molecule has 1 aromatic carbocycles. The lowest BCUT2D eigenvalue weighted by Crippen LogP contribution is -2.52. The van der Waals surface area contributed by atoms with Gasteiger partial charge in [0.05, 0.1) is 12.1 Å². The molecule has 138 valence electrons. The van der Waals surface area contributed by atoms with E-state index < -0.39 is 36.5 Å². The number of carbonyl (C=O) groups excluding carboxylic acids is 1. The first-order valence-corrected chi connectivity index (χ1v) is 8.41. The van der Waals surface area contributed by atoms with Crippen LogP contribution in [-0.2, 0) is 20.8 Å². The number of nitrogens with zero attached hydrogens (tertiary/aromatic N) is 2. The van der Waals surface area contributed by atoms with Crippen molar-refractivity contribution in [3.63, 3.8) is 0 Å². The number of aryl methyl sites for hydroxylation is 1. The number of unbranched alkanes of at least 4 members (excludes halogenated alkanes) is 1. The smallest absolute Gasteiger partial charge is 0.323 e. The van der Waals surface area contributed by atoms with E-state index in [-0.39, 0.29) is 12.8 Å².